The number of halogens is 2. The maximum absolute atomic E-state index is 13.0. The number of nitro benzene ring substituents is 2. The van der Waals surface area contributed by atoms with Crippen LogP contribution in [0.15, 0.2) is 11.0 Å². The molecular formula is C6H2F2N2O6S. The number of nitrogens with zero attached hydrogens (tertiary/aromatic N) is 2. The molecule has 1 unspecified atom stereocenters. The summed E-state index contributed by atoms with van der Waals surface area (Å²) in [7, 11) is 0. The Hall–Kier alpha value is -2.01. The zero-order chi connectivity index (χ0) is 13.3. The van der Waals surface area contributed by atoms with Gasteiger partial charge in [-0.1, -0.05) is 0 Å². The second-order valence-corrected chi connectivity index (χ2v) is 3.57. The number of hydrogen-bond acceptors (Lipinski definition) is 5. The van der Waals surface area contributed by atoms with E-state index < -0.39 is 48.8 Å². The summed E-state index contributed by atoms with van der Waals surface area (Å²) in [6, 6.07) is 0.0660. The first-order valence-corrected chi connectivity index (χ1v) is 4.79. The van der Waals surface area contributed by atoms with E-state index in [-0.39, 0.29) is 6.07 Å². The Morgan fingerprint density at radius 1 is 1.18 bits per heavy atom. The largest absolute Gasteiger partial charge is 0.385 e. The first-order chi connectivity index (χ1) is 7.77. The average Bonchev–Trinajstić information content (AvgIpc) is 2.19. The molecule has 0 bridgehead atoms. The molecule has 11 heteroatoms. The predicted molar refractivity (Wildman–Crippen MR) is 48.7 cm³/mol. The van der Waals surface area contributed by atoms with Crippen molar-refractivity contribution in [2.45, 2.75) is 4.90 Å². The lowest BCUT2D eigenvalue weighted by Crippen LogP contribution is -2.06. The van der Waals surface area contributed by atoms with Gasteiger partial charge in [-0.2, -0.15) is 4.39 Å². The van der Waals surface area contributed by atoms with Gasteiger partial charge in [0.25, 0.3) is 0 Å². The number of rotatable bonds is 3. The topological polar surface area (TPSA) is 124 Å². The fourth-order valence-corrected chi connectivity index (χ4v) is 1.60. The van der Waals surface area contributed by atoms with Gasteiger partial charge in [0, 0.05) is 6.07 Å². The molecule has 0 radical (unpaired) electrons. The summed E-state index contributed by atoms with van der Waals surface area (Å²) >= 11 is -3.06. The van der Waals surface area contributed by atoms with Crippen LogP contribution in [0.5, 0.6) is 0 Å². The Kier molecular flexibility index (Phi) is 3.43. The quantitative estimate of drug-likeness (QED) is 0.501. The van der Waals surface area contributed by atoms with Crippen molar-refractivity contribution < 1.29 is 27.4 Å². The highest BCUT2D eigenvalue weighted by atomic mass is 32.2. The normalized spacial score (nSPS) is 12.2. The van der Waals surface area contributed by atoms with Gasteiger partial charge >= 0.3 is 11.4 Å². The highest BCUT2D eigenvalue weighted by Gasteiger charge is 2.38. The third kappa shape index (κ3) is 2.24. The monoisotopic (exact) mass is 268 g/mol. The third-order valence-corrected chi connectivity index (χ3v) is 2.37. The zero-order valence-corrected chi connectivity index (χ0v) is 8.44. The van der Waals surface area contributed by atoms with Gasteiger partial charge in [-0.25, -0.2) is 8.60 Å². The van der Waals surface area contributed by atoms with E-state index >= 15 is 0 Å². The Bertz CT molecular complexity index is 548. The van der Waals surface area contributed by atoms with Crippen molar-refractivity contribution in [2.24, 2.45) is 0 Å². The molecule has 1 atom stereocenters. The molecule has 0 fully saturated rings. The molecule has 0 aliphatic carbocycles. The lowest BCUT2D eigenvalue weighted by Gasteiger charge is -2.01. The number of hydrogen-bond donors (Lipinski definition) is 1. The lowest BCUT2D eigenvalue weighted by molar-refractivity contribution is -0.426. The van der Waals surface area contributed by atoms with E-state index in [0.717, 1.165) is 0 Å². The van der Waals surface area contributed by atoms with Crippen molar-refractivity contribution in [2.75, 3.05) is 0 Å². The maximum Gasteiger partial charge on any atom is 0.385 e. The molecule has 0 amide bonds. The van der Waals surface area contributed by atoms with E-state index in [1.165, 1.54) is 0 Å². The maximum atomic E-state index is 13.0. The minimum Gasteiger partial charge on any atom is -0.302 e. The van der Waals surface area contributed by atoms with Crippen LogP contribution in [0, 0.1) is 31.9 Å². The van der Waals surface area contributed by atoms with E-state index in [1.807, 2.05) is 0 Å². The molecule has 0 aliphatic rings. The van der Waals surface area contributed by atoms with Crippen LogP contribution in [0.25, 0.3) is 0 Å². The zero-order valence-electron chi connectivity index (χ0n) is 7.62. The van der Waals surface area contributed by atoms with Gasteiger partial charge in [0.05, 0.1) is 9.85 Å². The first kappa shape index (κ1) is 13.1. The lowest BCUT2D eigenvalue weighted by atomic mass is 10.2. The average molecular weight is 268 g/mol. The summed E-state index contributed by atoms with van der Waals surface area (Å²) in [6.07, 6.45) is 0. The molecule has 0 aliphatic heterocycles. The van der Waals surface area contributed by atoms with Crippen LogP contribution in [0.2, 0.25) is 0 Å². The SMILES string of the molecule is O=[N+]([O-])c1c(S(=O)O)cc(F)c(F)c1[N+](=O)[O-]. The standard InChI is InChI=1S/C6H2F2N2O6S/c7-2-1-3(17(15)16)5(9(11)12)6(4(2)8)10(13)14/h1H,(H,15,16). The summed E-state index contributed by atoms with van der Waals surface area (Å²) in [4.78, 5) is 16.7. The van der Waals surface area contributed by atoms with Crippen LogP contribution in [-0.4, -0.2) is 18.6 Å². The van der Waals surface area contributed by atoms with Gasteiger partial charge in [-0.3, -0.25) is 20.2 Å². The number of benzene rings is 1. The summed E-state index contributed by atoms with van der Waals surface area (Å²) in [5.74, 6) is -3.88. The van der Waals surface area contributed by atoms with Crippen molar-refractivity contribution in [1.82, 2.24) is 0 Å². The van der Waals surface area contributed by atoms with Gasteiger partial charge < -0.3 is 4.55 Å². The van der Waals surface area contributed by atoms with Crippen molar-refractivity contribution in [1.29, 1.82) is 0 Å². The molecule has 0 saturated carbocycles. The van der Waals surface area contributed by atoms with Crippen LogP contribution in [0.1, 0.15) is 0 Å². The van der Waals surface area contributed by atoms with Crippen LogP contribution >= 0.6 is 0 Å². The molecule has 92 valence electrons. The summed E-state index contributed by atoms with van der Waals surface area (Å²) < 4.78 is 45.2. The van der Waals surface area contributed by atoms with Gasteiger partial charge in [-0.15, -0.1) is 0 Å². The molecule has 1 N–H and O–H groups in total. The summed E-state index contributed by atoms with van der Waals surface area (Å²) in [5, 5.41) is 20.9. The molecule has 17 heavy (non-hydrogen) atoms. The van der Waals surface area contributed by atoms with Crippen LogP contribution in [-0.2, 0) is 11.1 Å². The van der Waals surface area contributed by atoms with E-state index in [9.17, 15) is 33.2 Å². The second-order valence-electron chi connectivity index (χ2n) is 2.63. The van der Waals surface area contributed by atoms with Gasteiger partial charge in [0.15, 0.2) is 21.8 Å². The molecular weight excluding hydrogens is 266 g/mol. The van der Waals surface area contributed by atoms with Gasteiger partial charge in [-0.05, 0) is 0 Å². The molecule has 1 aromatic rings. The van der Waals surface area contributed by atoms with Gasteiger partial charge in [0.1, 0.15) is 0 Å². The smallest absolute Gasteiger partial charge is 0.302 e. The Balaban J connectivity index is 3.83. The Labute approximate surface area is 93.4 Å². The fraction of sp³-hybridized carbons (Fsp3) is 0. The first-order valence-electron chi connectivity index (χ1n) is 3.69. The molecule has 8 nitrogen and oxygen atoms in total. The Morgan fingerprint density at radius 3 is 2.00 bits per heavy atom. The predicted octanol–water partition coefficient (Wildman–Crippen LogP) is 1.36. The molecule has 0 spiro atoms. The van der Waals surface area contributed by atoms with Crippen molar-refractivity contribution >= 4 is 22.5 Å². The number of nitro groups is 2. The third-order valence-electron chi connectivity index (χ3n) is 1.69. The fourth-order valence-electron chi connectivity index (χ4n) is 1.06. The summed E-state index contributed by atoms with van der Waals surface area (Å²) in [5.41, 5.74) is -3.33. The van der Waals surface area contributed by atoms with E-state index in [2.05, 4.69) is 0 Å². The van der Waals surface area contributed by atoms with Crippen molar-refractivity contribution in [3.8, 4) is 0 Å². The van der Waals surface area contributed by atoms with E-state index in [1.54, 1.807) is 0 Å². The van der Waals surface area contributed by atoms with Crippen molar-refractivity contribution in [3.63, 3.8) is 0 Å². The second kappa shape index (κ2) is 4.47. The van der Waals surface area contributed by atoms with Gasteiger partial charge in [0.2, 0.25) is 5.82 Å². The minimum atomic E-state index is -3.06. The molecule has 0 saturated heterocycles. The molecule has 0 aromatic heterocycles. The summed E-state index contributed by atoms with van der Waals surface area (Å²) in [6.45, 7) is 0. The van der Waals surface area contributed by atoms with Crippen LogP contribution in [0.4, 0.5) is 20.2 Å². The molecule has 0 heterocycles. The molecule has 1 aromatic carbocycles. The van der Waals surface area contributed by atoms with E-state index in [0.29, 0.717) is 0 Å². The highest BCUT2D eigenvalue weighted by Crippen LogP contribution is 2.36. The highest BCUT2D eigenvalue weighted by molar-refractivity contribution is 7.79. The molecule has 1 rings (SSSR count). The minimum absolute atomic E-state index is 0.0660. The van der Waals surface area contributed by atoms with Crippen LogP contribution in [0.3, 0.4) is 0 Å². The van der Waals surface area contributed by atoms with E-state index in [4.69, 9.17) is 4.55 Å². The van der Waals surface area contributed by atoms with Crippen molar-refractivity contribution in [3.05, 3.63) is 37.9 Å². The van der Waals surface area contributed by atoms with Crippen LogP contribution < -0.4 is 0 Å². The Morgan fingerprint density at radius 2 is 1.65 bits per heavy atom.